The van der Waals surface area contributed by atoms with Gasteiger partial charge in [-0.15, -0.1) is 0 Å². The zero-order valence-corrected chi connectivity index (χ0v) is 18.4. The maximum absolute atomic E-state index is 13.4. The summed E-state index contributed by atoms with van der Waals surface area (Å²) < 4.78 is 32.9. The molecule has 0 unspecified atom stereocenters. The van der Waals surface area contributed by atoms with E-state index in [4.69, 9.17) is 10.5 Å². The number of para-hydroxylation sites is 1. The van der Waals surface area contributed by atoms with Gasteiger partial charge in [-0.3, -0.25) is 13.9 Å². The van der Waals surface area contributed by atoms with Gasteiger partial charge in [0, 0.05) is 11.3 Å². The van der Waals surface area contributed by atoms with Crippen LogP contribution in [0.5, 0.6) is 5.75 Å². The van der Waals surface area contributed by atoms with Crippen LogP contribution in [-0.4, -0.2) is 33.9 Å². The van der Waals surface area contributed by atoms with Crippen molar-refractivity contribution < 1.29 is 22.7 Å². The van der Waals surface area contributed by atoms with E-state index >= 15 is 0 Å². The Balaban J connectivity index is 1.93. The molecule has 0 aliphatic rings. The molecule has 2 amide bonds. The van der Waals surface area contributed by atoms with Gasteiger partial charge in [0.05, 0.1) is 17.7 Å². The van der Waals surface area contributed by atoms with Gasteiger partial charge in [-0.2, -0.15) is 0 Å². The fraction of sp³-hybridized carbons (Fsp3) is 0.130. The molecule has 0 aromatic heterocycles. The zero-order valence-electron chi connectivity index (χ0n) is 17.6. The first-order chi connectivity index (χ1) is 15.2. The van der Waals surface area contributed by atoms with Crippen LogP contribution in [0.25, 0.3) is 0 Å². The van der Waals surface area contributed by atoms with E-state index in [2.05, 4.69) is 5.32 Å². The molecular weight excluding hydrogens is 430 g/mol. The van der Waals surface area contributed by atoms with Crippen molar-refractivity contribution in [2.24, 2.45) is 5.73 Å². The second kappa shape index (κ2) is 9.52. The largest absolute Gasteiger partial charge is 0.497 e. The summed E-state index contributed by atoms with van der Waals surface area (Å²) in [6, 6.07) is 19.0. The highest BCUT2D eigenvalue weighted by molar-refractivity contribution is 7.92. The molecule has 0 spiro atoms. The standard InChI is InChI=1S/C23H23N3O5S/c1-16-20(23(24)28)9-6-10-21(16)25-22(27)15-26(17-7-4-3-5-8-17)32(29,30)19-13-11-18(31-2)12-14-19/h3-14H,15H2,1-2H3,(H2,24,28)(H,25,27). The predicted octanol–water partition coefficient (Wildman–Crippen LogP) is 2.94. The number of nitrogens with zero attached hydrogens (tertiary/aromatic N) is 1. The van der Waals surface area contributed by atoms with Crippen LogP contribution in [0.2, 0.25) is 0 Å². The lowest BCUT2D eigenvalue weighted by Crippen LogP contribution is -2.38. The van der Waals surface area contributed by atoms with Crippen molar-refractivity contribution >= 4 is 33.2 Å². The van der Waals surface area contributed by atoms with Gasteiger partial charge in [0.15, 0.2) is 0 Å². The molecule has 0 saturated heterocycles. The number of rotatable bonds is 8. The third kappa shape index (κ3) is 4.89. The fourth-order valence-corrected chi connectivity index (χ4v) is 4.56. The summed E-state index contributed by atoms with van der Waals surface area (Å²) in [4.78, 5) is 24.4. The second-order valence-corrected chi connectivity index (χ2v) is 8.78. The number of ether oxygens (including phenoxy) is 1. The summed E-state index contributed by atoms with van der Waals surface area (Å²) in [6.07, 6.45) is 0. The van der Waals surface area contributed by atoms with E-state index in [9.17, 15) is 18.0 Å². The van der Waals surface area contributed by atoms with E-state index in [0.29, 0.717) is 22.7 Å². The molecule has 0 bridgehead atoms. The van der Waals surface area contributed by atoms with Gasteiger partial charge in [0.25, 0.3) is 10.0 Å². The second-order valence-electron chi connectivity index (χ2n) is 6.91. The molecule has 0 aliphatic heterocycles. The molecular formula is C23H23N3O5S. The van der Waals surface area contributed by atoms with Crippen molar-refractivity contribution in [3.05, 3.63) is 83.9 Å². The molecule has 0 saturated carbocycles. The van der Waals surface area contributed by atoms with Gasteiger partial charge >= 0.3 is 0 Å². The molecule has 0 heterocycles. The Labute approximate surface area is 186 Å². The molecule has 3 aromatic rings. The highest BCUT2D eigenvalue weighted by Crippen LogP contribution is 2.25. The number of carbonyl (C=O) groups is 2. The Kier molecular flexibility index (Phi) is 6.79. The number of anilines is 2. The summed E-state index contributed by atoms with van der Waals surface area (Å²) in [5.41, 5.74) is 6.85. The fourth-order valence-electron chi connectivity index (χ4n) is 3.14. The van der Waals surface area contributed by atoms with Crippen molar-refractivity contribution in [2.45, 2.75) is 11.8 Å². The van der Waals surface area contributed by atoms with E-state index < -0.39 is 28.4 Å². The Morgan fingerprint density at radius 3 is 2.22 bits per heavy atom. The molecule has 166 valence electrons. The normalized spacial score (nSPS) is 10.9. The van der Waals surface area contributed by atoms with Gasteiger partial charge in [-0.05, 0) is 61.0 Å². The van der Waals surface area contributed by atoms with Gasteiger partial charge < -0.3 is 15.8 Å². The molecule has 8 nitrogen and oxygen atoms in total. The van der Waals surface area contributed by atoms with Gasteiger partial charge in [0.2, 0.25) is 11.8 Å². The maximum Gasteiger partial charge on any atom is 0.264 e. The van der Waals surface area contributed by atoms with Crippen LogP contribution in [0.4, 0.5) is 11.4 Å². The number of nitrogens with one attached hydrogen (secondary N) is 1. The molecule has 32 heavy (non-hydrogen) atoms. The van der Waals surface area contributed by atoms with Gasteiger partial charge in [0.1, 0.15) is 12.3 Å². The van der Waals surface area contributed by atoms with Crippen molar-refractivity contribution in [1.29, 1.82) is 0 Å². The molecule has 3 N–H and O–H groups in total. The summed E-state index contributed by atoms with van der Waals surface area (Å²) in [5.74, 6) is -0.681. The molecule has 0 fully saturated rings. The summed E-state index contributed by atoms with van der Waals surface area (Å²) >= 11 is 0. The number of sulfonamides is 1. The predicted molar refractivity (Wildman–Crippen MR) is 122 cm³/mol. The minimum absolute atomic E-state index is 0.0156. The Hall–Kier alpha value is -3.85. The van der Waals surface area contributed by atoms with Crippen LogP contribution in [0.3, 0.4) is 0 Å². The van der Waals surface area contributed by atoms with Gasteiger partial charge in [-0.25, -0.2) is 8.42 Å². The Bertz CT molecular complexity index is 1230. The average Bonchev–Trinajstić information content (AvgIpc) is 2.79. The Morgan fingerprint density at radius 1 is 0.969 bits per heavy atom. The number of nitrogens with two attached hydrogens (primary N) is 1. The number of hydrogen-bond acceptors (Lipinski definition) is 5. The lowest BCUT2D eigenvalue weighted by molar-refractivity contribution is -0.114. The molecule has 0 aliphatic carbocycles. The first-order valence-electron chi connectivity index (χ1n) is 9.65. The van der Waals surface area contributed by atoms with E-state index in [1.807, 2.05) is 0 Å². The van der Waals surface area contributed by atoms with E-state index in [1.54, 1.807) is 55.5 Å². The van der Waals surface area contributed by atoms with Crippen LogP contribution in [-0.2, 0) is 14.8 Å². The van der Waals surface area contributed by atoms with E-state index in [0.717, 1.165) is 4.31 Å². The molecule has 9 heteroatoms. The van der Waals surface area contributed by atoms with Crippen molar-refractivity contribution in [1.82, 2.24) is 0 Å². The molecule has 0 radical (unpaired) electrons. The maximum atomic E-state index is 13.4. The van der Waals surface area contributed by atoms with Crippen LogP contribution >= 0.6 is 0 Å². The minimum atomic E-state index is -4.06. The lowest BCUT2D eigenvalue weighted by atomic mass is 10.1. The van der Waals surface area contributed by atoms with E-state index in [-0.39, 0.29) is 10.5 Å². The van der Waals surface area contributed by atoms with Crippen LogP contribution in [0.15, 0.2) is 77.7 Å². The van der Waals surface area contributed by atoms with Crippen molar-refractivity contribution in [3.63, 3.8) is 0 Å². The van der Waals surface area contributed by atoms with Crippen molar-refractivity contribution in [3.8, 4) is 5.75 Å². The molecule has 3 aromatic carbocycles. The monoisotopic (exact) mass is 453 g/mol. The first-order valence-corrected chi connectivity index (χ1v) is 11.1. The number of primary amides is 1. The topological polar surface area (TPSA) is 119 Å². The highest BCUT2D eigenvalue weighted by atomic mass is 32.2. The smallest absolute Gasteiger partial charge is 0.264 e. The highest BCUT2D eigenvalue weighted by Gasteiger charge is 2.27. The number of hydrogen-bond donors (Lipinski definition) is 2. The molecule has 0 atom stereocenters. The SMILES string of the molecule is COc1ccc(S(=O)(=O)N(CC(=O)Nc2cccc(C(N)=O)c2C)c2ccccc2)cc1. The minimum Gasteiger partial charge on any atom is -0.497 e. The van der Waals surface area contributed by atoms with Gasteiger partial charge in [-0.1, -0.05) is 24.3 Å². The van der Waals surface area contributed by atoms with Crippen molar-refractivity contribution in [2.75, 3.05) is 23.3 Å². The van der Waals surface area contributed by atoms with Crippen LogP contribution in [0, 0.1) is 6.92 Å². The number of benzene rings is 3. The Morgan fingerprint density at radius 2 is 1.62 bits per heavy atom. The molecule has 3 rings (SSSR count). The summed E-state index contributed by atoms with van der Waals surface area (Å²) in [6.45, 7) is 1.18. The number of amides is 2. The first kappa shape index (κ1) is 22.8. The third-order valence-corrected chi connectivity index (χ3v) is 6.64. The number of carbonyl (C=O) groups excluding carboxylic acids is 2. The summed E-state index contributed by atoms with van der Waals surface area (Å²) in [5, 5.41) is 2.67. The summed E-state index contributed by atoms with van der Waals surface area (Å²) in [7, 11) is -2.57. The van der Waals surface area contributed by atoms with Crippen LogP contribution < -0.4 is 20.1 Å². The number of methoxy groups -OCH3 is 1. The average molecular weight is 454 g/mol. The van der Waals surface area contributed by atoms with E-state index in [1.165, 1.54) is 31.4 Å². The quantitative estimate of drug-likeness (QED) is 0.544. The van der Waals surface area contributed by atoms with Crippen LogP contribution in [0.1, 0.15) is 15.9 Å². The third-order valence-electron chi connectivity index (χ3n) is 4.85. The lowest BCUT2D eigenvalue weighted by Gasteiger charge is -2.24. The zero-order chi connectivity index (χ0) is 23.3.